The van der Waals surface area contributed by atoms with Crippen molar-refractivity contribution < 1.29 is 23.9 Å². The maximum absolute atomic E-state index is 13.1. The van der Waals surface area contributed by atoms with Gasteiger partial charge in [0.25, 0.3) is 0 Å². The second kappa shape index (κ2) is 8.92. The van der Waals surface area contributed by atoms with Gasteiger partial charge in [-0.2, -0.15) is 0 Å². The molecule has 6 heteroatoms. The number of para-hydroxylation sites is 1. The highest BCUT2D eigenvalue weighted by Crippen LogP contribution is 2.37. The molecule has 2 rings (SSSR count). The average molecular weight is 426 g/mol. The maximum Gasteiger partial charge on any atom is 0.321 e. The number of esters is 2. The van der Waals surface area contributed by atoms with Gasteiger partial charge >= 0.3 is 11.9 Å². The van der Waals surface area contributed by atoms with Crippen LogP contribution in [0.2, 0.25) is 0 Å². The summed E-state index contributed by atoms with van der Waals surface area (Å²) >= 11 is 0. The van der Waals surface area contributed by atoms with E-state index in [1.807, 2.05) is 30.3 Å². The molecule has 0 spiro atoms. The molecule has 2 aromatic rings. The number of anilines is 1. The predicted octanol–water partition coefficient (Wildman–Crippen LogP) is 4.58. The molecular weight excluding hydrogens is 394 g/mol. The minimum absolute atomic E-state index is 0.398. The molecule has 0 aliphatic rings. The lowest BCUT2D eigenvalue weighted by molar-refractivity contribution is -0.170. The van der Waals surface area contributed by atoms with E-state index < -0.39 is 34.3 Å². The van der Waals surface area contributed by atoms with Gasteiger partial charge in [-0.05, 0) is 64.8 Å². The summed E-state index contributed by atoms with van der Waals surface area (Å²) in [4.78, 5) is 38.2. The van der Waals surface area contributed by atoms with Gasteiger partial charge in [-0.25, -0.2) is 0 Å². The Morgan fingerprint density at radius 3 is 1.81 bits per heavy atom. The molecule has 0 radical (unpaired) electrons. The van der Waals surface area contributed by atoms with Gasteiger partial charge < -0.3 is 14.8 Å². The first-order valence-electron chi connectivity index (χ1n) is 10.1. The van der Waals surface area contributed by atoms with Crippen molar-refractivity contribution in [3.05, 3.63) is 65.7 Å². The standard InChI is InChI=1S/C25H31NO5/c1-23(2,21(28)30-7)18-15-11-12-16-19(18)25(5,6)31-22(29)24(3,4)20(27)26-17-13-9-8-10-14-17/h8-16H,1-7H3,(H,26,27). The minimum Gasteiger partial charge on any atom is -0.468 e. The van der Waals surface area contributed by atoms with Gasteiger partial charge in [0.2, 0.25) is 5.91 Å². The van der Waals surface area contributed by atoms with Gasteiger partial charge in [-0.3, -0.25) is 14.4 Å². The third kappa shape index (κ3) is 5.13. The summed E-state index contributed by atoms with van der Waals surface area (Å²) in [5.74, 6) is -1.54. The highest BCUT2D eigenvalue weighted by atomic mass is 16.6. The number of hydrogen-bond donors (Lipinski definition) is 1. The third-order valence-electron chi connectivity index (χ3n) is 5.40. The van der Waals surface area contributed by atoms with E-state index in [1.165, 1.54) is 21.0 Å². The number of rotatable bonds is 7. The van der Waals surface area contributed by atoms with Crippen molar-refractivity contribution in [3.63, 3.8) is 0 Å². The normalized spacial score (nSPS) is 12.1. The van der Waals surface area contributed by atoms with Crippen LogP contribution in [0, 0.1) is 5.41 Å². The second-order valence-corrected chi connectivity index (χ2v) is 9.01. The summed E-state index contributed by atoms with van der Waals surface area (Å²) < 4.78 is 10.8. The molecule has 0 heterocycles. The summed E-state index contributed by atoms with van der Waals surface area (Å²) in [6.07, 6.45) is 0. The summed E-state index contributed by atoms with van der Waals surface area (Å²) in [5.41, 5.74) is -1.53. The van der Waals surface area contributed by atoms with Crippen LogP contribution in [0.5, 0.6) is 0 Å². The first-order valence-corrected chi connectivity index (χ1v) is 10.1. The van der Waals surface area contributed by atoms with Crippen LogP contribution in [0.3, 0.4) is 0 Å². The molecule has 0 aliphatic heterocycles. The van der Waals surface area contributed by atoms with Crippen LogP contribution in [-0.2, 0) is 34.9 Å². The van der Waals surface area contributed by atoms with E-state index in [0.29, 0.717) is 16.8 Å². The fourth-order valence-corrected chi connectivity index (χ4v) is 3.23. The Labute approximate surface area is 183 Å². The summed E-state index contributed by atoms with van der Waals surface area (Å²) in [5, 5.41) is 2.75. The Hall–Kier alpha value is -3.15. The van der Waals surface area contributed by atoms with Crippen molar-refractivity contribution in [1.29, 1.82) is 0 Å². The molecule has 0 saturated carbocycles. The Bertz CT molecular complexity index is 961. The number of carbonyl (C=O) groups is 3. The topological polar surface area (TPSA) is 81.7 Å². The van der Waals surface area contributed by atoms with E-state index in [-0.39, 0.29) is 0 Å². The lowest BCUT2D eigenvalue weighted by Gasteiger charge is -2.34. The zero-order valence-electron chi connectivity index (χ0n) is 19.2. The van der Waals surface area contributed by atoms with Crippen molar-refractivity contribution in [1.82, 2.24) is 0 Å². The molecule has 0 saturated heterocycles. The lowest BCUT2D eigenvalue weighted by Crippen LogP contribution is -2.43. The van der Waals surface area contributed by atoms with Crippen LogP contribution >= 0.6 is 0 Å². The van der Waals surface area contributed by atoms with Gasteiger partial charge in [-0.1, -0.05) is 42.5 Å². The number of methoxy groups -OCH3 is 1. The van der Waals surface area contributed by atoms with Crippen molar-refractivity contribution in [3.8, 4) is 0 Å². The van der Waals surface area contributed by atoms with Crippen LogP contribution in [0.25, 0.3) is 0 Å². The van der Waals surface area contributed by atoms with Gasteiger partial charge in [0.15, 0.2) is 0 Å². The van der Waals surface area contributed by atoms with E-state index in [0.717, 1.165) is 0 Å². The maximum atomic E-state index is 13.1. The molecule has 0 fully saturated rings. The predicted molar refractivity (Wildman–Crippen MR) is 119 cm³/mol. The van der Waals surface area contributed by atoms with Gasteiger partial charge in [0.05, 0.1) is 12.5 Å². The second-order valence-electron chi connectivity index (χ2n) is 9.01. The summed E-state index contributed by atoms with van der Waals surface area (Å²) in [6.45, 7) is 10.0. The molecule has 1 amide bonds. The number of benzene rings is 2. The number of amides is 1. The van der Waals surface area contributed by atoms with E-state index >= 15 is 0 Å². The Morgan fingerprint density at radius 1 is 0.742 bits per heavy atom. The van der Waals surface area contributed by atoms with E-state index in [4.69, 9.17) is 9.47 Å². The fourth-order valence-electron chi connectivity index (χ4n) is 3.23. The Morgan fingerprint density at radius 2 is 1.26 bits per heavy atom. The molecule has 6 nitrogen and oxygen atoms in total. The van der Waals surface area contributed by atoms with Gasteiger partial charge in [0.1, 0.15) is 11.0 Å². The Kier molecular flexibility index (Phi) is 6.94. The smallest absolute Gasteiger partial charge is 0.321 e. The lowest BCUT2D eigenvalue weighted by atomic mass is 9.77. The molecule has 0 aliphatic carbocycles. The zero-order chi connectivity index (χ0) is 23.4. The molecule has 1 N–H and O–H groups in total. The number of hydrogen-bond acceptors (Lipinski definition) is 5. The fraction of sp³-hybridized carbons (Fsp3) is 0.400. The largest absolute Gasteiger partial charge is 0.468 e. The van der Waals surface area contributed by atoms with Gasteiger partial charge in [0, 0.05) is 5.69 Å². The third-order valence-corrected chi connectivity index (χ3v) is 5.40. The summed E-state index contributed by atoms with van der Waals surface area (Å²) in [7, 11) is 1.34. The van der Waals surface area contributed by atoms with Crippen molar-refractivity contribution in [2.24, 2.45) is 5.41 Å². The summed E-state index contributed by atoms with van der Waals surface area (Å²) in [6, 6.07) is 16.2. The van der Waals surface area contributed by atoms with Gasteiger partial charge in [-0.15, -0.1) is 0 Å². The van der Waals surface area contributed by atoms with Crippen LogP contribution in [0.1, 0.15) is 52.7 Å². The molecule has 2 aromatic carbocycles. The van der Waals surface area contributed by atoms with E-state index in [9.17, 15) is 14.4 Å². The first-order chi connectivity index (χ1) is 14.3. The van der Waals surface area contributed by atoms with Crippen LogP contribution < -0.4 is 5.32 Å². The molecule has 0 atom stereocenters. The number of ether oxygens (including phenoxy) is 2. The number of carbonyl (C=O) groups excluding carboxylic acids is 3. The highest BCUT2D eigenvalue weighted by molar-refractivity contribution is 6.08. The van der Waals surface area contributed by atoms with E-state index in [1.54, 1.807) is 52.0 Å². The SMILES string of the molecule is COC(=O)C(C)(C)c1ccccc1C(C)(C)OC(=O)C(C)(C)C(=O)Nc1ccccc1. The highest BCUT2D eigenvalue weighted by Gasteiger charge is 2.43. The van der Waals surface area contributed by atoms with Crippen LogP contribution in [0.4, 0.5) is 5.69 Å². The molecular formula is C25H31NO5. The number of nitrogens with one attached hydrogen (secondary N) is 1. The average Bonchev–Trinajstić information content (AvgIpc) is 2.73. The van der Waals surface area contributed by atoms with Crippen LogP contribution in [-0.4, -0.2) is 25.0 Å². The van der Waals surface area contributed by atoms with Crippen LogP contribution in [0.15, 0.2) is 54.6 Å². The Balaban J connectivity index is 2.30. The van der Waals surface area contributed by atoms with Crippen molar-refractivity contribution in [2.75, 3.05) is 12.4 Å². The first kappa shape index (κ1) is 24.1. The van der Waals surface area contributed by atoms with E-state index in [2.05, 4.69) is 5.32 Å². The van der Waals surface area contributed by atoms with Crippen molar-refractivity contribution >= 4 is 23.5 Å². The molecule has 31 heavy (non-hydrogen) atoms. The quantitative estimate of drug-likeness (QED) is 0.519. The molecule has 166 valence electrons. The molecule has 0 unspecified atom stereocenters. The minimum atomic E-state index is -1.43. The zero-order valence-corrected chi connectivity index (χ0v) is 19.2. The molecule has 0 aromatic heterocycles. The van der Waals surface area contributed by atoms with Crippen molar-refractivity contribution in [2.45, 2.75) is 52.6 Å². The monoisotopic (exact) mass is 425 g/mol. The molecule has 0 bridgehead atoms.